The van der Waals surface area contributed by atoms with E-state index in [1.54, 1.807) is 36.7 Å². The van der Waals surface area contributed by atoms with Crippen LogP contribution < -0.4 is 10.6 Å². The molecular formula is C38H40FN11O6. The SMILES string of the molecule is COC(=O)N[C@@H](C)C(=O)N1CCC[C@H]1c1ncc(-c2ccc3c(c2)cc2c4ncc(-c5cnc([C@@H]6C[C@@H](F)CN6C(=O)[C@H](C)NC(=O)OC)[nH]5)cc4ncn32)[nH]1. The van der Waals surface area contributed by atoms with Gasteiger partial charge in [0.15, 0.2) is 0 Å². The maximum atomic E-state index is 14.6. The average Bonchev–Trinajstić information content (AvgIpc) is 4.05. The van der Waals surface area contributed by atoms with Gasteiger partial charge in [-0.15, -0.1) is 0 Å². The van der Waals surface area contributed by atoms with E-state index in [1.165, 1.54) is 26.0 Å². The molecule has 0 bridgehead atoms. The van der Waals surface area contributed by atoms with E-state index < -0.39 is 42.4 Å². The van der Waals surface area contributed by atoms with Crippen molar-refractivity contribution in [3.8, 4) is 22.5 Å². The lowest BCUT2D eigenvalue weighted by atomic mass is 10.1. The van der Waals surface area contributed by atoms with Crippen molar-refractivity contribution in [3.63, 3.8) is 0 Å². The van der Waals surface area contributed by atoms with Gasteiger partial charge in [-0.3, -0.25) is 19.0 Å². The number of pyridine rings is 1. The monoisotopic (exact) mass is 765 g/mol. The summed E-state index contributed by atoms with van der Waals surface area (Å²) in [5, 5.41) is 5.97. The Morgan fingerprint density at radius 1 is 0.804 bits per heavy atom. The zero-order valence-electron chi connectivity index (χ0n) is 31.1. The molecule has 0 spiro atoms. The second kappa shape index (κ2) is 14.6. The Bertz CT molecular complexity index is 2500. The van der Waals surface area contributed by atoms with Crippen molar-refractivity contribution >= 4 is 51.5 Å². The maximum absolute atomic E-state index is 14.6. The van der Waals surface area contributed by atoms with Crippen LogP contribution in [0, 0.1) is 0 Å². The first-order valence-electron chi connectivity index (χ1n) is 18.3. The molecule has 6 aromatic rings. The standard InChI is InChI=1S/C38H40FN11O6/c1-19(44-37(53)55-3)35(51)48-9-5-6-29(48)33-41-15-26(46-33)21-7-8-28-22(10-21)12-30-32-25(43-18-50(28)30)11-23(14-40-32)27-16-42-34(47-27)31-13-24(39)17-49(31)36(52)20(2)45-38(54)56-4/h7-8,10-12,14-16,18-20,24,29,31H,5-6,9,13,17H2,1-4H3,(H,41,46)(H,42,47)(H,44,53)(H,45,54)/t19-,20-,24+,29-,31-/m0/s1. The van der Waals surface area contributed by atoms with Crippen molar-refractivity contribution in [2.24, 2.45) is 0 Å². The third kappa shape index (κ3) is 6.60. The zero-order chi connectivity index (χ0) is 39.2. The number of rotatable bonds is 8. The summed E-state index contributed by atoms with van der Waals surface area (Å²) in [7, 11) is 2.47. The molecule has 0 unspecified atom stereocenters. The van der Waals surface area contributed by atoms with Crippen LogP contribution in [0.15, 0.2) is 55.2 Å². The molecule has 4 N–H and O–H groups in total. The number of benzene rings is 1. The van der Waals surface area contributed by atoms with E-state index in [9.17, 15) is 23.6 Å². The van der Waals surface area contributed by atoms with Gasteiger partial charge in [0.2, 0.25) is 11.8 Å². The lowest BCUT2D eigenvalue weighted by Crippen LogP contribution is -2.47. The highest BCUT2D eigenvalue weighted by molar-refractivity contribution is 6.00. The number of alkyl carbamates (subject to hydrolysis) is 2. The van der Waals surface area contributed by atoms with Crippen LogP contribution in [-0.2, 0) is 19.1 Å². The lowest BCUT2D eigenvalue weighted by molar-refractivity contribution is -0.134. The minimum absolute atomic E-state index is 0.0707. The van der Waals surface area contributed by atoms with Crippen LogP contribution in [0.3, 0.4) is 0 Å². The Labute approximate surface area is 319 Å². The van der Waals surface area contributed by atoms with Gasteiger partial charge in [0.05, 0.1) is 73.2 Å². The van der Waals surface area contributed by atoms with Crippen molar-refractivity contribution < 1.29 is 33.0 Å². The quantitative estimate of drug-likeness (QED) is 0.170. The molecule has 17 nitrogen and oxygen atoms in total. The molecule has 56 heavy (non-hydrogen) atoms. The number of hydrogen-bond acceptors (Lipinski definition) is 10. The summed E-state index contributed by atoms with van der Waals surface area (Å²) in [6.07, 6.45) is 5.87. The minimum Gasteiger partial charge on any atom is -0.453 e. The van der Waals surface area contributed by atoms with E-state index in [0.29, 0.717) is 40.5 Å². The number of carbonyl (C=O) groups excluding carboxylic acids is 4. The number of fused-ring (bicyclic) bond motifs is 5. The van der Waals surface area contributed by atoms with Gasteiger partial charge in [0.25, 0.3) is 0 Å². The highest BCUT2D eigenvalue weighted by Crippen LogP contribution is 2.36. The van der Waals surface area contributed by atoms with Crippen molar-refractivity contribution in [1.82, 2.24) is 54.7 Å². The first-order chi connectivity index (χ1) is 27.0. The minimum atomic E-state index is -1.24. The van der Waals surface area contributed by atoms with E-state index in [2.05, 4.69) is 52.2 Å². The Morgan fingerprint density at radius 3 is 2.16 bits per heavy atom. The number of carbonyl (C=O) groups is 4. The van der Waals surface area contributed by atoms with Crippen molar-refractivity contribution in [2.45, 2.75) is 63.4 Å². The average molecular weight is 766 g/mol. The normalized spacial score (nSPS) is 19.4. The van der Waals surface area contributed by atoms with Crippen LogP contribution in [0.2, 0.25) is 0 Å². The number of nitrogens with zero attached hydrogens (tertiary/aromatic N) is 7. The predicted molar refractivity (Wildman–Crippen MR) is 201 cm³/mol. The third-order valence-electron chi connectivity index (χ3n) is 10.6. The summed E-state index contributed by atoms with van der Waals surface area (Å²) in [5.41, 5.74) is 6.23. The van der Waals surface area contributed by atoms with Gasteiger partial charge < -0.3 is 39.9 Å². The van der Waals surface area contributed by atoms with Gasteiger partial charge in [-0.2, -0.15) is 0 Å². The molecule has 18 heteroatoms. The van der Waals surface area contributed by atoms with Gasteiger partial charge in [-0.05, 0) is 51.0 Å². The molecule has 5 atom stereocenters. The Kier molecular flexibility index (Phi) is 9.47. The lowest BCUT2D eigenvalue weighted by Gasteiger charge is -2.26. The van der Waals surface area contributed by atoms with Gasteiger partial charge in [0, 0.05) is 35.7 Å². The molecular weight excluding hydrogens is 725 g/mol. The molecule has 2 fully saturated rings. The van der Waals surface area contributed by atoms with Crippen LogP contribution in [0.25, 0.3) is 50.0 Å². The molecule has 290 valence electrons. The van der Waals surface area contributed by atoms with Crippen LogP contribution in [0.4, 0.5) is 14.0 Å². The number of alkyl halides is 1. The molecule has 7 heterocycles. The second-order valence-corrected chi connectivity index (χ2v) is 14.1. The Morgan fingerprint density at radius 2 is 1.46 bits per heavy atom. The van der Waals surface area contributed by atoms with E-state index in [0.717, 1.165) is 40.5 Å². The first kappa shape index (κ1) is 36.4. The van der Waals surface area contributed by atoms with Crippen LogP contribution in [-0.4, -0.2) is 114 Å². The van der Waals surface area contributed by atoms with Crippen molar-refractivity contribution in [3.05, 3.63) is 66.9 Å². The number of H-pyrrole nitrogens is 2. The molecule has 2 aliphatic heterocycles. The Balaban J connectivity index is 1.02. The summed E-state index contributed by atoms with van der Waals surface area (Å²) >= 11 is 0. The summed E-state index contributed by atoms with van der Waals surface area (Å²) in [6, 6.07) is 7.52. The third-order valence-corrected chi connectivity index (χ3v) is 10.6. The number of aromatic nitrogens is 7. The van der Waals surface area contributed by atoms with Crippen LogP contribution in [0.5, 0.6) is 0 Å². The fourth-order valence-corrected chi connectivity index (χ4v) is 7.73. The smallest absolute Gasteiger partial charge is 0.407 e. The summed E-state index contributed by atoms with van der Waals surface area (Å²) in [6.45, 7) is 3.62. The molecule has 2 aliphatic rings. The highest BCUT2D eigenvalue weighted by atomic mass is 19.1. The van der Waals surface area contributed by atoms with E-state index in [1.807, 2.05) is 22.6 Å². The number of halogens is 1. The van der Waals surface area contributed by atoms with E-state index in [4.69, 9.17) is 9.97 Å². The van der Waals surface area contributed by atoms with E-state index >= 15 is 0 Å². The predicted octanol–water partition coefficient (Wildman–Crippen LogP) is 4.58. The molecule has 2 saturated heterocycles. The molecule has 8 rings (SSSR count). The van der Waals surface area contributed by atoms with Crippen LogP contribution in [0.1, 0.15) is 56.8 Å². The van der Waals surface area contributed by atoms with Gasteiger partial charge >= 0.3 is 12.2 Å². The van der Waals surface area contributed by atoms with Gasteiger partial charge in [-0.1, -0.05) is 6.07 Å². The van der Waals surface area contributed by atoms with E-state index in [-0.39, 0.29) is 24.9 Å². The fraction of sp³-hybridized carbons (Fsp3) is 0.368. The van der Waals surface area contributed by atoms with Gasteiger partial charge in [0.1, 0.15) is 41.7 Å². The number of hydrogen-bond donors (Lipinski definition) is 4. The summed E-state index contributed by atoms with van der Waals surface area (Å²) in [5.74, 6) is 0.473. The topological polar surface area (TPSA) is 205 Å². The molecule has 5 aromatic heterocycles. The first-order valence-corrected chi connectivity index (χ1v) is 18.3. The Hall–Kier alpha value is -6.59. The molecule has 4 amide bonds. The van der Waals surface area contributed by atoms with Gasteiger partial charge in [-0.25, -0.2) is 28.9 Å². The number of aromatic amines is 2. The van der Waals surface area contributed by atoms with Crippen molar-refractivity contribution in [2.75, 3.05) is 27.3 Å². The summed E-state index contributed by atoms with van der Waals surface area (Å²) < 4.78 is 25.9. The highest BCUT2D eigenvalue weighted by Gasteiger charge is 2.40. The second-order valence-electron chi connectivity index (χ2n) is 14.1. The molecule has 0 saturated carbocycles. The summed E-state index contributed by atoms with van der Waals surface area (Å²) in [4.78, 5) is 78.2. The molecule has 1 aromatic carbocycles. The number of ether oxygens (including phenoxy) is 2. The number of imidazole rings is 2. The number of nitrogens with one attached hydrogen (secondary N) is 4. The number of methoxy groups -OCH3 is 2. The fourth-order valence-electron chi connectivity index (χ4n) is 7.73. The zero-order valence-corrected chi connectivity index (χ0v) is 31.1. The van der Waals surface area contributed by atoms with Crippen molar-refractivity contribution in [1.29, 1.82) is 0 Å². The molecule has 0 aliphatic carbocycles. The largest absolute Gasteiger partial charge is 0.453 e. The molecule has 0 radical (unpaired) electrons. The van der Waals surface area contributed by atoms with Crippen LogP contribution >= 0.6 is 0 Å². The number of amides is 4. The number of likely N-dealkylation sites (tertiary alicyclic amines) is 2. The maximum Gasteiger partial charge on any atom is 0.407 e.